The van der Waals surface area contributed by atoms with Gasteiger partial charge in [0.2, 0.25) is 0 Å². The Morgan fingerprint density at radius 2 is 2.00 bits per heavy atom. The number of nitrogens with zero attached hydrogens (tertiary/aromatic N) is 3. The van der Waals surface area contributed by atoms with E-state index in [2.05, 4.69) is 34.9 Å². The fourth-order valence-corrected chi connectivity index (χ4v) is 2.98. The number of aryl methyl sites for hydroxylation is 1. The largest absolute Gasteiger partial charge is 0.286 e. The van der Waals surface area contributed by atoms with Gasteiger partial charge in [0.1, 0.15) is 18.0 Å². The van der Waals surface area contributed by atoms with Crippen LogP contribution in [-0.2, 0) is 6.42 Å². The topological polar surface area (TPSA) is 54.8 Å². The fourth-order valence-electron chi connectivity index (χ4n) is 2.98. The lowest BCUT2D eigenvalue weighted by molar-refractivity contribution is 0.409. The maximum absolute atomic E-state index is 13.4. The number of hydrogen-bond acceptors (Lipinski definition) is 4. The van der Waals surface area contributed by atoms with Gasteiger partial charge >= 0.3 is 0 Å². The number of rotatable bonds is 4. The summed E-state index contributed by atoms with van der Waals surface area (Å²) in [6, 6.07) is 7.36. The van der Waals surface area contributed by atoms with Crippen LogP contribution in [0.1, 0.15) is 26.1 Å². The third-order valence-corrected chi connectivity index (χ3v) is 4.23. The predicted molar refractivity (Wildman–Crippen MR) is 78.3 cm³/mol. The minimum Gasteiger partial charge on any atom is -0.286 e. The van der Waals surface area contributed by atoms with Crippen LogP contribution in [0.5, 0.6) is 0 Å². The Labute approximate surface area is 123 Å². The molecule has 1 aromatic carbocycles. The van der Waals surface area contributed by atoms with Gasteiger partial charge in [-0.2, -0.15) is 0 Å². The van der Waals surface area contributed by atoms with Crippen molar-refractivity contribution in [3.63, 3.8) is 0 Å². The molecule has 1 aromatic heterocycles. The van der Waals surface area contributed by atoms with Gasteiger partial charge < -0.3 is 0 Å². The van der Waals surface area contributed by atoms with Gasteiger partial charge in [-0.15, -0.1) is 10.2 Å². The Morgan fingerprint density at radius 3 is 2.71 bits per heavy atom. The molecule has 1 fully saturated rings. The predicted octanol–water partition coefficient (Wildman–Crippen LogP) is 1.84. The normalized spacial score (nSPS) is 25.4. The Hall–Kier alpha value is -1.79. The van der Waals surface area contributed by atoms with Gasteiger partial charge in [-0.3, -0.25) is 15.4 Å². The monoisotopic (exact) mass is 289 g/mol. The smallest absolute Gasteiger partial charge is 0.137 e. The molecular formula is C15H20FN5. The first-order valence-corrected chi connectivity index (χ1v) is 7.31. The van der Waals surface area contributed by atoms with Crippen LogP contribution in [0.15, 0.2) is 30.6 Å². The zero-order chi connectivity index (χ0) is 14.8. The fraction of sp³-hybridized carbons (Fsp3) is 0.467. The lowest BCUT2D eigenvalue weighted by Gasteiger charge is -2.17. The van der Waals surface area contributed by atoms with Crippen LogP contribution < -0.4 is 10.9 Å². The van der Waals surface area contributed by atoms with Crippen LogP contribution in [0.2, 0.25) is 0 Å². The summed E-state index contributed by atoms with van der Waals surface area (Å²) in [5.74, 6) is 1.16. The molecule has 0 radical (unpaired) electrons. The first-order chi connectivity index (χ1) is 10.1. The molecule has 0 saturated carbocycles. The van der Waals surface area contributed by atoms with Crippen LogP contribution in [-0.4, -0.2) is 26.8 Å². The molecule has 1 aliphatic heterocycles. The lowest BCUT2D eigenvalue weighted by atomic mass is 9.91. The Morgan fingerprint density at radius 1 is 1.24 bits per heavy atom. The third-order valence-electron chi connectivity index (χ3n) is 4.23. The van der Waals surface area contributed by atoms with Crippen molar-refractivity contribution in [3.05, 3.63) is 42.2 Å². The highest BCUT2D eigenvalue weighted by atomic mass is 19.1. The molecule has 0 aliphatic carbocycles. The first kappa shape index (κ1) is 14.2. The molecule has 0 bridgehead atoms. The van der Waals surface area contributed by atoms with E-state index in [9.17, 15) is 4.39 Å². The maximum atomic E-state index is 13.4. The highest BCUT2D eigenvalue weighted by Gasteiger charge is 2.29. The van der Waals surface area contributed by atoms with E-state index in [-0.39, 0.29) is 5.82 Å². The van der Waals surface area contributed by atoms with Gasteiger partial charge in [0.05, 0.1) is 5.69 Å². The van der Waals surface area contributed by atoms with Gasteiger partial charge in [-0.25, -0.2) is 4.39 Å². The number of nitrogens with one attached hydrogen (secondary N) is 2. The minimum absolute atomic E-state index is 0.251. The quantitative estimate of drug-likeness (QED) is 0.902. The summed E-state index contributed by atoms with van der Waals surface area (Å²) >= 11 is 0. The van der Waals surface area contributed by atoms with E-state index in [0.29, 0.717) is 18.0 Å². The molecule has 5 nitrogen and oxygen atoms in total. The molecule has 112 valence electrons. The van der Waals surface area contributed by atoms with Crippen molar-refractivity contribution in [1.29, 1.82) is 0 Å². The Kier molecular flexibility index (Phi) is 3.98. The molecular weight excluding hydrogens is 269 g/mol. The van der Waals surface area contributed by atoms with Gasteiger partial charge in [0.15, 0.2) is 0 Å². The second kappa shape index (κ2) is 5.91. The highest BCUT2D eigenvalue weighted by Crippen LogP contribution is 2.21. The summed E-state index contributed by atoms with van der Waals surface area (Å²) in [4.78, 5) is 0. The number of hydrogen-bond donors (Lipinski definition) is 2. The lowest BCUT2D eigenvalue weighted by Crippen LogP contribution is -2.30. The van der Waals surface area contributed by atoms with E-state index in [1.807, 2.05) is 10.6 Å². The second-order valence-electron chi connectivity index (χ2n) is 5.67. The molecule has 0 amide bonds. The summed E-state index contributed by atoms with van der Waals surface area (Å²) in [5, 5.41) is 8.15. The molecule has 2 N–H and O–H groups in total. The number of halogens is 1. The molecule has 0 spiro atoms. The standard InChI is InChI=1S/C15H20FN5/c1-10-14(11(2)19-18-10)6-7-15-20-17-9-21(15)13-5-3-4-12(16)8-13/h3-5,8-11,14,18-19H,6-7H2,1-2H3. The Bertz CT molecular complexity index is 602. The van der Waals surface area contributed by atoms with Crippen molar-refractivity contribution >= 4 is 0 Å². The van der Waals surface area contributed by atoms with E-state index in [0.717, 1.165) is 24.4 Å². The number of benzene rings is 1. The van der Waals surface area contributed by atoms with Crippen molar-refractivity contribution < 1.29 is 4.39 Å². The SMILES string of the molecule is CC1NNC(C)C1CCc1nncn1-c1cccc(F)c1. The molecule has 2 heterocycles. The van der Waals surface area contributed by atoms with Gasteiger partial charge in [-0.05, 0) is 44.4 Å². The minimum atomic E-state index is -0.251. The summed E-state index contributed by atoms with van der Waals surface area (Å²) < 4.78 is 15.2. The van der Waals surface area contributed by atoms with Gasteiger partial charge in [-0.1, -0.05) is 6.07 Å². The molecule has 1 saturated heterocycles. The molecule has 2 unspecified atom stereocenters. The van der Waals surface area contributed by atoms with E-state index < -0.39 is 0 Å². The van der Waals surface area contributed by atoms with Crippen LogP contribution in [0.4, 0.5) is 4.39 Å². The van der Waals surface area contributed by atoms with Crippen molar-refractivity contribution in [2.24, 2.45) is 5.92 Å². The summed E-state index contributed by atoms with van der Waals surface area (Å²) in [7, 11) is 0. The van der Waals surface area contributed by atoms with E-state index in [1.54, 1.807) is 12.4 Å². The number of aromatic nitrogens is 3. The molecule has 1 aliphatic rings. The van der Waals surface area contributed by atoms with Crippen LogP contribution >= 0.6 is 0 Å². The second-order valence-corrected chi connectivity index (χ2v) is 5.67. The van der Waals surface area contributed by atoms with Crippen molar-refractivity contribution in [3.8, 4) is 5.69 Å². The molecule has 2 atom stereocenters. The highest BCUT2D eigenvalue weighted by molar-refractivity contribution is 5.32. The van der Waals surface area contributed by atoms with E-state index >= 15 is 0 Å². The zero-order valence-electron chi connectivity index (χ0n) is 12.3. The summed E-state index contributed by atoms with van der Waals surface area (Å²) in [6.07, 6.45) is 3.47. The molecule has 3 rings (SSSR count). The van der Waals surface area contributed by atoms with E-state index in [1.165, 1.54) is 12.1 Å². The third kappa shape index (κ3) is 2.96. The van der Waals surface area contributed by atoms with Crippen molar-refractivity contribution in [2.45, 2.75) is 38.8 Å². The maximum Gasteiger partial charge on any atom is 0.137 e. The molecule has 6 heteroatoms. The summed E-state index contributed by atoms with van der Waals surface area (Å²) in [6.45, 7) is 4.36. The molecule has 21 heavy (non-hydrogen) atoms. The summed E-state index contributed by atoms with van der Waals surface area (Å²) in [5.41, 5.74) is 7.28. The first-order valence-electron chi connectivity index (χ1n) is 7.31. The molecule has 2 aromatic rings. The zero-order valence-corrected chi connectivity index (χ0v) is 12.3. The number of hydrazine groups is 1. The van der Waals surface area contributed by atoms with Crippen molar-refractivity contribution in [1.82, 2.24) is 25.6 Å². The average Bonchev–Trinajstić information content (AvgIpc) is 3.05. The Balaban J connectivity index is 1.74. The van der Waals surface area contributed by atoms with Crippen LogP contribution in [0, 0.1) is 11.7 Å². The van der Waals surface area contributed by atoms with Gasteiger partial charge in [0.25, 0.3) is 0 Å². The van der Waals surface area contributed by atoms with Crippen molar-refractivity contribution in [2.75, 3.05) is 0 Å². The van der Waals surface area contributed by atoms with Gasteiger partial charge in [0, 0.05) is 18.5 Å². The van der Waals surface area contributed by atoms with Crippen LogP contribution in [0.3, 0.4) is 0 Å². The van der Waals surface area contributed by atoms with Crippen LogP contribution in [0.25, 0.3) is 5.69 Å². The average molecular weight is 289 g/mol. The van der Waals surface area contributed by atoms with E-state index in [4.69, 9.17) is 0 Å².